The highest BCUT2D eigenvalue weighted by molar-refractivity contribution is 7.90. The van der Waals surface area contributed by atoms with Gasteiger partial charge in [0.15, 0.2) is 15.6 Å². The molecule has 0 fully saturated rings. The number of furan rings is 1. The van der Waals surface area contributed by atoms with Gasteiger partial charge in [0.2, 0.25) is 0 Å². The van der Waals surface area contributed by atoms with Crippen molar-refractivity contribution in [3.05, 3.63) is 120 Å². The van der Waals surface area contributed by atoms with E-state index in [0.29, 0.717) is 6.54 Å². The number of nitrogens with zero attached hydrogens (tertiary/aromatic N) is 1. The monoisotopic (exact) mass is 446 g/mol. The second-order valence-corrected chi connectivity index (χ2v) is 9.18. The predicted octanol–water partition coefficient (Wildman–Crippen LogP) is 4.61. The molecule has 32 heavy (non-hydrogen) atoms. The van der Waals surface area contributed by atoms with Crippen LogP contribution in [0.1, 0.15) is 21.9 Å². The van der Waals surface area contributed by atoms with Gasteiger partial charge in [-0.3, -0.25) is 15.2 Å². The smallest absolute Gasteiger partial charge is 0.305 e. The molecule has 0 bridgehead atoms. The second kappa shape index (κ2) is 9.53. The SMILES string of the molecule is O=C(NN(Cc1ccccc1)c1ccccc1)c1ccc(CS(=O)(=O)c2ccccc2)o1. The van der Waals surface area contributed by atoms with Gasteiger partial charge in [0, 0.05) is 0 Å². The maximum Gasteiger partial charge on any atom is 0.305 e. The third-order valence-corrected chi connectivity index (χ3v) is 6.46. The minimum Gasteiger partial charge on any atom is -0.455 e. The van der Waals surface area contributed by atoms with Crippen LogP contribution in [0.2, 0.25) is 0 Å². The number of amides is 1. The number of hydrogen-bond donors (Lipinski definition) is 1. The molecule has 4 rings (SSSR count). The number of carbonyl (C=O) groups is 1. The lowest BCUT2D eigenvalue weighted by molar-refractivity contribution is 0.0919. The number of hydrogen-bond acceptors (Lipinski definition) is 5. The number of sulfone groups is 1. The molecule has 6 nitrogen and oxygen atoms in total. The third-order valence-electron chi connectivity index (χ3n) is 4.81. The highest BCUT2D eigenvalue weighted by Gasteiger charge is 2.20. The van der Waals surface area contributed by atoms with Gasteiger partial charge in [0.1, 0.15) is 11.5 Å². The predicted molar refractivity (Wildman–Crippen MR) is 123 cm³/mol. The summed E-state index contributed by atoms with van der Waals surface area (Å²) < 4.78 is 30.7. The van der Waals surface area contributed by atoms with Crippen molar-refractivity contribution in [1.82, 2.24) is 5.43 Å². The zero-order valence-corrected chi connectivity index (χ0v) is 18.0. The molecule has 0 radical (unpaired) electrons. The molecule has 0 aliphatic carbocycles. The number of anilines is 1. The van der Waals surface area contributed by atoms with Gasteiger partial charge in [0.05, 0.1) is 17.1 Å². The summed E-state index contributed by atoms with van der Waals surface area (Å²) >= 11 is 0. The molecular formula is C25H22N2O4S. The summed E-state index contributed by atoms with van der Waals surface area (Å²) in [5.74, 6) is -0.546. The highest BCUT2D eigenvalue weighted by atomic mass is 32.2. The molecule has 0 aliphatic heterocycles. The molecule has 4 aromatic rings. The lowest BCUT2D eigenvalue weighted by Gasteiger charge is -2.25. The largest absolute Gasteiger partial charge is 0.455 e. The number of nitrogens with one attached hydrogen (secondary N) is 1. The summed E-state index contributed by atoms with van der Waals surface area (Å²) in [6, 6.07) is 30.4. The van der Waals surface area contributed by atoms with E-state index in [9.17, 15) is 13.2 Å². The van der Waals surface area contributed by atoms with Crippen LogP contribution in [0.5, 0.6) is 0 Å². The summed E-state index contributed by atoms with van der Waals surface area (Å²) in [6.45, 7) is 0.451. The van der Waals surface area contributed by atoms with Gasteiger partial charge in [0.25, 0.3) is 0 Å². The fraction of sp³-hybridized carbons (Fsp3) is 0.0800. The summed E-state index contributed by atoms with van der Waals surface area (Å²) in [4.78, 5) is 13.1. The lowest BCUT2D eigenvalue weighted by Crippen LogP contribution is -2.41. The van der Waals surface area contributed by atoms with E-state index < -0.39 is 15.7 Å². The number of benzene rings is 3. The molecule has 0 atom stereocenters. The molecule has 0 unspecified atom stereocenters. The van der Waals surface area contributed by atoms with Crippen LogP contribution in [0, 0.1) is 0 Å². The standard InChI is InChI=1S/C25H22N2O4S/c28-25(24-17-16-22(31-24)19-32(29,30)23-14-8-3-9-15-23)26-27(21-12-6-2-7-13-21)18-20-10-4-1-5-11-20/h1-17H,18-19H2,(H,26,28). The maximum absolute atomic E-state index is 12.9. The average Bonchev–Trinajstić information content (AvgIpc) is 3.28. The van der Waals surface area contributed by atoms with Gasteiger partial charge < -0.3 is 4.42 Å². The molecule has 1 heterocycles. The van der Waals surface area contributed by atoms with Crippen molar-refractivity contribution in [2.45, 2.75) is 17.2 Å². The molecule has 0 spiro atoms. The zero-order chi connectivity index (χ0) is 22.4. The van der Waals surface area contributed by atoms with Crippen molar-refractivity contribution < 1.29 is 17.6 Å². The van der Waals surface area contributed by atoms with Crippen molar-refractivity contribution >= 4 is 21.4 Å². The first-order valence-electron chi connectivity index (χ1n) is 10.1. The molecule has 0 saturated carbocycles. The third kappa shape index (κ3) is 5.25. The van der Waals surface area contributed by atoms with Crippen molar-refractivity contribution in [2.75, 3.05) is 5.01 Å². The second-order valence-electron chi connectivity index (χ2n) is 7.19. The molecular weight excluding hydrogens is 424 g/mol. The van der Waals surface area contributed by atoms with Crippen LogP contribution in [0.4, 0.5) is 5.69 Å². The first-order chi connectivity index (χ1) is 15.5. The first-order valence-corrected chi connectivity index (χ1v) is 11.7. The van der Waals surface area contributed by atoms with Crippen LogP contribution in [0.3, 0.4) is 0 Å². The Labute approximate surface area is 187 Å². The Kier molecular flexibility index (Phi) is 6.37. The van der Waals surface area contributed by atoms with Gasteiger partial charge in [-0.15, -0.1) is 0 Å². The average molecular weight is 447 g/mol. The number of rotatable bonds is 8. The summed E-state index contributed by atoms with van der Waals surface area (Å²) in [6.07, 6.45) is 0. The van der Waals surface area contributed by atoms with E-state index in [1.807, 2.05) is 60.7 Å². The zero-order valence-electron chi connectivity index (χ0n) is 17.2. The van der Waals surface area contributed by atoms with E-state index in [4.69, 9.17) is 4.42 Å². The van der Waals surface area contributed by atoms with Crippen molar-refractivity contribution in [3.63, 3.8) is 0 Å². The van der Waals surface area contributed by atoms with Crippen LogP contribution in [0.15, 0.2) is 112 Å². The van der Waals surface area contributed by atoms with Crippen LogP contribution < -0.4 is 10.4 Å². The Morgan fingerprint density at radius 3 is 2.03 bits per heavy atom. The van der Waals surface area contributed by atoms with Gasteiger partial charge in [-0.1, -0.05) is 66.7 Å². The number of hydrazine groups is 1. The molecule has 3 aromatic carbocycles. The summed E-state index contributed by atoms with van der Waals surface area (Å²) in [5.41, 5.74) is 4.68. The van der Waals surface area contributed by atoms with E-state index >= 15 is 0 Å². The minimum atomic E-state index is -3.57. The quantitative estimate of drug-likeness (QED) is 0.400. The van der Waals surface area contributed by atoms with Gasteiger partial charge in [-0.05, 0) is 42.0 Å². The van der Waals surface area contributed by atoms with E-state index in [-0.39, 0.29) is 22.2 Å². The molecule has 0 aliphatic rings. The van der Waals surface area contributed by atoms with E-state index in [1.165, 1.54) is 24.3 Å². The summed E-state index contributed by atoms with van der Waals surface area (Å²) in [7, 11) is -3.57. The molecule has 0 saturated heterocycles. The Morgan fingerprint density at radius 1 is 0.781 bits per heavy atom. The Balaban J connectivity index is 1.50. The van der Waals surface area contributed by atoms with E-state index in [0.717, 1.165) is 11.3 Å². The molecule has 1 amide bonds. The first kappa shape index (κ1) is 21.4. The van der Waals surface area contributed by atoms with Gasteiger partial charge >= 0.3 is 5.91 Å². The van der Waals surface area contributed by atoms with Crippen LogP contribution in [0.25, 0.3) is 0 Å². The van der Waals surface area contributed by atoms with Crippen molar-refractivity contribution in [1.29, 1.82) is 0 Å². The Morgan fingerprint density at radius 2 is 1.38 bits per heavy atom. The Hall–Kier alpha value is -3.84. The van der Waals surface area contributed by atoms with Crippen LogP contribution >= 0.6 is 0 Å². The maximum atomic E-state index is 12.9. The fourth-order valence-corrected chi connectivity index (χ4v) is 4.49. The highest BCUT2D eigenvalue weighted by Crippen LogP contribution is 2.19. The Bertz CT molecular complexity index is 1270. The van der Waals surface area contributed by atoms with Crippen LogP contribution in [-0.4, -0.2) is 14.3 Å². The number of para-hydroxylation sites is 1. The lowest BCUT2D eigenvalue weighted by atomic mass is 10.2. The van der Waals surface area contributed by atoms with Crippen molar-refractivity contribution in [3.8, 4) is 0 Å². The topological polar surface area (TPSA) is 79.6 Å². The molecule has 7 heteroatoms. The number of carbonyl (C=O) groups excluding carboxylic acids is 1. The molecule has 162 valence electrons. The van der Waals surface area contributed by atoms with Crippen LogP contribution in [-0.2, 0) is 22.1 Å². The normalized spacial score (nSPS) is 11.1. The fourth-order valence-electron chi connectivity index (χ4n) is 3.22. The van der Waals surface area contributed by atoms with E-state index in [1.54, 1.807) is 23.2 Å². The van der Waals surface area contributed by atoms with Crippen molar-refractivity contribution in [2.24, 2.45) is 0 Å². The molecule has 1 N–H and O–H groups in total. The summed E-state index contributed by atoms with van der Waals surface area (Å²) in [5, 5.41) is 1.72. The minimum absolute atomic E-state index is 0.0391. The van der Waals surface area contributed by atoms with Gasteiger partial charge in [-0.2, -0.15) is 0 Å². The molecule has 1 aromatic heterocycles. The van der Waals surface area contributed by atoms with E-state index in [2.05, 4.69) is 5.43 Å². The van der Waals surface area contributed by atoms with Gasteiger partial charge in [-0.25, -0.2) is 8.42 Å².